The topological polar surface area (TPSA) is 61.9 Å². The van der Waals surface area contributed by atoms with E-state index in [0.29, 0.717) is 30.5 Å². The predicted octanol–water partition coefficient (Wildman–Crippen LogP) is 3.94. The van der Waals surface area contributed by atoms with Crippen molar-refractivity contribution in [3.63, 3.8) is 0 Å². The highest BCUT2D eigenvalue weighted by Gasteiger charge is 2.45. The molecule has 0 radical (unpaired) electrons. The largest absolute Gasteiger partial charge is 0.444 e. The summed E-state index contributed by atoms with van der Waals surface area (Å²) in [6.45, 7) is 12.8. The summed E-state index contributed by atoms with van der Waals surface area (Å²) in [6, 6.07) is 0.932. The molecule has 2 amide bonds. The van der Waals surface area contributed by atoms with Crippen LogP contribution in [0.5, 0.6) is 0 Å². The van der Waals surface area contributed by atoms with E-state index < -0.39 is 5.60 Å². The van der Waals surface area contributed by atoms with E-state index in [0.717, 1.165) is 38.8 Å². The lowest BCUT2D eigenvalue weighted by Crippen LogP contribution is -2.54. The van der Waals surface area contributed by atoms with E-state index in [1.807, 2.05) is 20.8 Å². The molecule has 6 heteroatoms. The van der Waals surface area contributed by atoms with Crippen LogP contribution in [-0.4, -0.2) is 64.7 Å². The molecule has 0 unspecified atom stereocenters. The van der Waals surface area contributed by atoms with Gasteiger partial charge >= 0.3 is 6.09 Å². The Labute approximate surface area is 176 Å². The molecule has 2 saturated heterocycles. The highest BCUT2D eigenvalue weighted by molar-refractivity contribution is 5.79. The van der Waals surface area contributed by atoms with E-state index in [1.165, 1.54) is 25.7 Å². The monoisotopic (exact) mass is 407 g/mol. The minimum atomic E-state index is -0.466. The fourth-order valence-corrected chi connectivity index (χ4v) is 5.47. The summed E-state index contributed by atoms with van der Waals surface area (Å²) >= 11 is 0. The van der Waals surface area contributed by atoms with Crippen LogP contribution in [0.25, 0.3) is 0 Å². The van der Waals surface area contributed by atoms with E-state index in [4.69, 9.17) is 4.74 Å². The summed E-state index contributed by atoms with van der Waals surface area (Å²) in [4.78, 5) is 29.4. The second kappa shape index (κ2) is 8.83. The molecule has 0 aromatic rings. The van der Waals surface area contributed by atoms with Crippen molar-refractivity contribution in [1.82, 2.24) is 15.1 Å². The fraction of sp³-hybridized carbons (Fsp3) is 0.913. The van der Waals surface area contributed by atoms with E-state index in [2.05, 4.69) is 29.0 Å². The van der Waals surface area contributed by atoms with Gasteiger partial charge in [-0.05, 0) is 72.6 Å². The molecule has 3 rings (SSSR count). The van der Waals surface area contributed by atoms with Gasteiger partial charge in [-0.15, -0.1) is 0 Å². The summed E-state index contributed by atoms with van der Waals surface area (Å²) in [5, 5.41) is 2.88. The van der Waals surface area contributed by atoms with Crippen LogP contribution in [0.15, 0.2) is 0 Å². The van der Waals surface area contributed by atoms with Crippen LogP contribution in [0.3, 0.4) is 0 Å². The first kappa shape index (κ1) is 22.4. The third-order valence-electron chi connectivity index (χ3n) is 7.07. The van der Waals surface area contributed by atoms with Crippen molar-refractivity contribution < 1.29 is 14.3 Å². The number of nitrogens with zero attached hydrogens (tertiary/aromatic N) is 2. The average Bonchev–Trinajstić information content (AvgIpc) is 2.96. The number of rotatable bonds is 5. The van der Waals surface area contributed by atoms with Crippen molar-refractivity contribution in [2.75, 3.05) is 19.6 Å². The van der Waals surface area contributed by atoms with Crippen LogP contribution in [0.4, 0.5) is 4.79 Å². The Hall–Kier alpha value is -1.30. The summed E-state index contributed by atoms with van der Waals surface area (Å²) < 4.78 is 5.32. The number of piperidine rings is 1. The van der Waals surface area contributed by atoms with E-state index in [1.54, 1.807) is 0 Å². The number of hydrogen-bond donors (Lipinski definition) is 1. The zero-order chi connectivity index (χ0) is 21.2. The van der Waals surface area contributed by atoms with Crippen molar-refractivity contribution in [1.29, 1.82) is 0 Å². The number of carbonyl (C=O) groups is 2. The lowest BCUT2D eigenvalue weighted by molar-refractivity contribution is -0.132. The molecule has 0 spiro atoms. The molecular weight excluding hydrogens is 366 g/mol. The first-order valence-electron chi connectivity index (χ1n) is 11.6. The van der Waals surface area contributed by atoms with Crippen molar-refractivity contribution in [2.45, 2.75) is 109 Å². The van der Waals surface area contributed by atoms with Crippen molar-refractivity contribution in [3.8, 4) is 0 Å². The number of hydrogen-bond acceptors (Lipinski definition) is 4. The second-order valence-electron chi connectivity index (χ2n) is 10.8. The summed E-state index contributed by atoms with van der Waals surface area (Å²) in [6.07, 6.45) is 8.48. The van der Waals surface area contributed by atoms with Gasteiger partial charge < -0.3 is 15.0 Å². The number of alkyl carbamates (subject to hydrolysis) is 1. The molecule has 166 valence electrons. The zero-order valence-corrected chi connectivity index (χ0v) is 19.1. The van der Waals surface area contributed by atoms with Crippen LogP contribution in [0.1, 0.15) is 86.0 Å². The zero-order valence-electron chi connectivity index (χ0n) is 19.1. The molecule has 3 aliphatic rings. The Morgan fingerprint density at radius 3 is 2.38 bits per heavy atom. The number of likely N-dealkylation sites (tertiary alicyclic amines) is 2. The minimum Gasteiger partial charge on any atom is -0.444 e. The van der Waals surface area contributed by atoms with Crippen molar-refractivity contribution in [2.24, 2.45) is 5.92 Å². The van der Waals surface area contributed by atoms with Gasteiger partial charge in [0.05, 0.1) is 0 Å². The van der Waals surface area contributed by atoms with E-state index >= 15 is 0 Å². The van der Waals surface area contributed by atoms with E-state index in [9.17, 15) is 9.59 Å². The molecular formula is C23H41N3O3. The molecule has 6 nitrogen and oxygen atoms in total. The molecule has 0 aromatic heterocycles. The first-order valence-corrected chi connectivity index (χ1v) is 11.6. The molecule has 0 bridgehead atoms. The van der Waals surface area contributed by atoms with Crippen LogP contribution in [0, 0.1) is 5.92 Å². The maximum absolute atomic E-state index is 12.7. The lowest BCUT2D eigenvalue weighted by Gasteiger charge is -2.46. The number of ether oxygens (including phenoxy) is 1. The van der Waals surface area contributed by atoms with Gasteiger partial charge in [-0.2, -0.15) is 0 Å². The molecule has 29 heavy (non-hydrogen) atoms. The Morgan fingerprint density at radius 1 is 1.07 bits per heavy atom. The summed E-state index contributed by atoms with van der Waals surface area (Å²) in [5.41, 5.74) is -0.450. The Bertz CT molecular complexity index is 591. The van der Waals surface area contributed by atoms with Gasteiger partial charge in [0.2, 0.25) is 5.91 Å². The number of amides is 2. The van der Waals surface area contributed by atoms with Crippen LogP contribution >= 0.6 is 0 Å². The minimum absolute atomic E-state index is 0.0162. The van der Waals surface area contributed by atoms with Crippen LogP contribution in [0.2, 0.25) is 0 Å². The van der Waals surface area contributed by atoms with E-state index in [-0.39, 0.29) is 11.6 Å². The smallest absolute Gasteiger partial charge is 0.407 e. The third-order valence-corrected chi connectivity index (χ3v) is 7.07. The molecule has 0 aromatic carbocycles. The quantitative estimate of drug-likeness (QED) is 0.750. The molecule has 2 aliphatic heterocycles. The maximum Gasteiger partial charge on any atom is 0.407 e. The molecule has 2 heterocycles. The Morgan fingerprint density at radius 2 is 1.72 bits per heavy atom. The molecule has 1 saturated carbocycles. The lowest BCUT2D eigenvalue weighted by atomic mass is 9.84. The Kier molecular flexibility index (Phi) is 6.81. The second-order valence-corrected chi connectivity index (χ2v) is 10.8. The molecule has 2 atom stereocenters. The molecule has 1 N–H and O–H groups in total. The number of nitrogens with one attached hydrogen (secondary N) is 1. The van der Waals surface area contributed by atoms with Gasteiger partial charge in [-0.3, -0.25) is 9.69 Å². The first-order chi connectivity index (χ1) is 13.6. The third kappa shape index (κ3) is 5.65. The highest BCUT2D eigenvalue weighted by Crippen LogP contribution is 2.40. The van der Waals surface area contributed by atoms with Crippen molar-refractivity contribution >= 4 is 12.0 Å². The summed E-state index contributed by atoms with van der Waals surface area (Å²) in [7, 11) is 0. The van der Waals surface area contributed by atoms with Gasteiger partial charge in [-0.25, -0.2) is 4.79 Å². The van der Waals surface area contributed by atoms with Gasteiger partial charge in [0, 0.05) is 43.7 Å². The van der Waals surface area contributed by atoms with Gasteiger partial charge in [-0.1, -0.05) is 12.8 Å². The van der Waals surface area contributed by atoms with Gasteiger partial charge in [0.1, 0.15) is 5.60 Å². The van der Waals surface area contributed by atoms with Gasteiger partial charge in [0.15, 0.2) is 0 Å². The Balaban J connectivity index is 1.45. The SMILES string of the molecule is CC(C)(C)OC(=O)NCCC(C)(C)N1CCC(N2C(=O)C[C@H]3CCCC[C@@H]32)CC1. The average molecular weight is 408 g/mol. The normalized spacial score (nSPS) is 27.1. The predicted molar refractivity (Wildman–Crippen MR) is 115 cm³/mol. The van der Waals surface area contributed by atoms with Crippen molar-refractivity contribution in [3.05, 3.63) is 0 Å². The van der Waals surface area contributed by atoms with Crippen LogP contribution in [-0.2, 0) is 9.53 Å². The number of fused-ring (bicyclic) bond motifs is 1. The van der Waals surface area contributed by atoms with Crippen LogP contribution < -0.4 is 5.32 Å². The summed E-state index contributed by atoms with van der Waals surface area (Å²) in [5.74, 6) is 1.02. The molecule has 3 fully saturated rings. The standard InChI is InChI=1S/C23H41N3O3/c1-22(2,3)29-21(28)24-13-12-23(4,5)25-14-10-18(11-15-25)26-19-9-7-6-8-17(19)16-20(26)27/h17-19H,6-16H2,1-5H3,(H,24,28)/t17-,19+/m1/s1. The fourth-order valence-electron chi connectivity index (χ4n) is 5.47. The highest BCUT2D eigenvalue weighted by atomic mass is 16.6. The maximum atomic E-state index is 12.7. The number of carbonyl (C=O) groups excluding carboxylic acids is 2. The molecule has 1 aliphatic carbocycles. The van der Waals surface area contributed by atoms with Gasteiger partial charge in [0.25, 0.3) is 0 Å².